The van der Waals surface area contributed by atoms with Crippen LogP contribution in [0.1, 0.15) is 6.92 Å². The van der Waals surface area contributed by atoms with E-state index in [0.29, 0.717) is 0 Å². The SMILES string of the molecule is C/C(=C/C#N)N1CCN(C)CC1. The highest BCUT2D eigenvalue weighted by Gasteiger charge is 2.12. The number of rotatable bonds is 1. The van der Waals surface area contributed by atoms with Gasteiger partial charge in [0, 0.05) is 38.0 Å². The van der Waals surface area contributed by atoms with E-state index in [9.17, 15) is 0 Å². The lowest BCUT2D eigenvalue weighted by Crippen LogP contribution is -2.43. The second kappa shape index (κ2) is 4.13. The molecule has 3 heteroatoms. The number of hydrogen-bond donors (Lipinski definition) is 0. The van der Waals surface area contributed by atoms with E-state index < -0.39 is 0 Å². The fourth-order valence-electron chi connectivity index (χ4n) is 1.34. The Morgan fingerprint density at radius 1 is 1.33 bits per heavy atom. The van der Waals surface area contributed by atoms with Crippen molar-refractivity contribution in [1.82, 2.24) is 9.80 Å². The Morgan fingerprint density at radius 2 is 1.92 bits per heavy atom. The molecule has 1 fully saturated rings. The van der Waals surface area contributed by atoms with Crippen molar-refractivity contribution in [3.63, 3.8) is 0 Å². The number of allylic oxidation sites excluding steroid dienone is 2. The van der Waals surface area contributed by atoms with Crippen molar-refractivity contribution in [2.45, 2.75) is 6.92 Å². The van der Waals surface area contributed by atoms with Crippen LogP contribution in [0.25, 0.3) is 0 Å². The minimum absolute atomic E-state index is 1.04. The van der Waals surface area contributed by atoms with Gasteiger partial charge in [0.1, 0.15) is 0 Å². The van der Waals surface area contributed by atoms with E-state index in [-0.39, 0.29) is 0 Å². The van der Waals surface area contributed by atoms with Crippen molar-refractivity contribution in [2.24, 2.45) is 0 Å². The summed E-state index contributed by atoms with van der Waals surface area (Å²) in [5, 5.41) is 8.46. The summed E-state index contributed by atoms with van der Waals surface area (Å²) in [7, 11) is 2.13. The van der Waals surface area contributed by atoms with Crippen LogP contribution in [0.3, 0.4) is 0 Å². The third-order valence-electron chi connectivity index (χ3n) is 2.28. The molecule has 0 spiro atoms. The van der Waals surface area contributed by atoms with Crippen LogP contribution in [0.2, 0.25) is 0 Å². The van der Waals surface area contributed by atoms with Crippen LogP contribution in [0, 0.1) is 11.3 Å². The van der Waals surface area contributed by atoms with Gasteiger partial charge >= 0.3 is 0 Å². The van der Waals surface area contributed by atoms with E-state index in [0.717, 1.165) is 31.9 Å². The van der Waals surface area contributed by atoms with Crippen molar-refractivity contribution in [3.05, 3.63) is 11.8 Å². The van der Waals surface area contributed by atoms with E-state index in [1.54, 1.807) is 6.08 Å². The Bertz CT molecular complexity index is 206. The van der Waals surface area contributed by atoms with Crippen molar-refractivity contribution in [2.75, 3.05) is 33.2 Å². The summed E-state index contributed by atoms with van der Waals surface area (Å²) in [6.45, 7) is 6.27. The topological polar surface area (TPSA) is 30.3 Å². The van der Waals surface area contributed by atoms with Gasteiger partial charge in [-0.25, -0.2) is 0 Å². The Labute approximate surface area is 73.9 Å². The molecule has 0 atom stereocenters. The van der Waals surface area contributed by atoms with Crippen LogP contribution in [0.4, 0.5) is 0 Å². The number of piperazine rings is 1. The van der Waals surface area contributed by atoms with Gasteiger partial charge < -0.3 is 9.80 Å². The molecule has 0 saturated carbocycles. The highest BCUT2D eigenvalue weighted by atomic mass is 15.2. The first-order valence-corrected chi connectivity index (χ1v) is 4.24. The molecular weight excluding hydrogens is 150 g/mol. The molecule has 1 aliphatic heterocycles. The minimum Gasteiger partial charge on any atom is -0.372 e. The second-order valence-electron chi connectivity index (χ2n) is 3.21. The van der Waals surface area contributed by atoms with Crippen LogP contribution in [-0.2, 0) is 0 Å². The maximum absolute atomic E-state index is 8.46. The number of nitriles is 1. The summed E-state index contributed by atoms with van der Waals surface area (Å²) in [6, 6.07) is 2.06. The van der Waals surface area contributed by atoms with E-state index in [1.807, 2.05) is 6.92 Å². The summed E-state index contributed by atoms with van der Waals surface area (Å²) >= 11 is 0. The molecule has 1 heterocycles. The van der Waals surface area contributed by atoms with Crippen LogP contribution in [-0.4, -0.2) is 43.0 Å². The van der Waals surface area contributed by atoms with Crippen LogP contribution in [0.15, 0.2) is 11.8 Å². The number of likely N-dealkylation sites (N-methyl/N-ethyl adjacent to an activating group) is 1. The first-order chi connectivity index (χ1) is 5.74. The molecule has 0 aromatic rings. The lowest BCUT2D eigenvalue weighted by Gasteiger charge is -2.34. The number of nitrogens with zero attached hydrogens (tertiary/aromatic N) is 3. The maximum atomic E-state index is 8.46. The summed E-state index contributed by atoms with van der Waals surface area (Å²) in [5.74, 6) is 0. The quantitative estimate of drug-likeness (QED) is 0.535. The average Bonchev–Trinajstić information content (AvgIpc) is 2.06. The molecule has 3 nitrogen and oxygen atoms in total. The zero-order valence-electron chi connectivity index (χ0n) is 7.75. The lowest BCUT2D eigenvalue weighted by atomic mass is 10.3. The van der Waals surface area contributed by atoms with Crippen molar-refractivity contribution in [1.29, 1.82) is 5.26 Å². The van der Waals surface area contributed by atoms with Crippen LogP contribution >= 0.6 is 0 Å². The normalized spacial score (nSPS) is 20.8. The third kappa shape index (κ3) is 2.24. The molecule has 12 heavy (non-hydrogen) atoms. The van der Waals surface area contributed by atoms with Gasteiger partial charge in [0.2, 0.25) is 0 Å². The van der Waals surface area contributed by atoms with E-state index >= 15 is 0 Å². The third-order valence-corrected chi connectivity index (χ3v) is 2.28. The molecular formula is C9H15N3. The molecule has 0 bridgehead atoms. The predicted octanol–water partition coefficient (Wildman–Crippen LogP) is 0.661. The molecule has 0 aromatic heterocycles. The predicted molar refractivity (Wildman–Crippen MR) is 48.4 cm³/mol. The molecule has 1 rings (SSSR count). The van der Waals surface area contributed by atoms with Gasteiger partial charge in [-0.2, -0.15) is 5.26 Å². The van der Waals surface area contributed by atoms with Crippen molar-refractivity contribution < 1.29 is 0 Å². The molecule has 0 unspecified atom stereocenters. The van der Waals surface area contributed by atoms with Gasteiger partial charge in [-0.1, -0.05) is 0 Å². The zero-order chi connectivity index (χ0) is 8.97. The van der Waals surface area contributed by atoms with E-state index in [1.165, 1.54) is 0 Å². The lowest BCUT2D eigenvalue weighted by molar-refractivity contribution is 0.186. The Morgan fingerprint density at radius 3 is 2.42 bits per heavy atom. The Kier molecular flexibility index (Phi) is 3.12. The smallest absolute Gasteiger partial charge is 0.0930 e. The van der Waals surface area contributed by atoms with E-state index in [2.05, 4.69) is 22.9 Å². The van der Waals surface area contributed by atoms with Gasteiger partial charge in [0.15, 0.2) is 0 Å². The maximum Gasteiger partial charge on any atom is 0.0930 e. The molecule has 0 radical (unpaired) electrons. The van der Waals surface area contributed by atoms with Crippen molar-refractivity contribution >= 4 is 0 Å². The van der Waals surface area contributed by atoms with Gasteiger partial charge in [-0.3, -0.25) is 0 Å². The minimum atomic E-state index is 1.04. The molecule has 1 saturated heterocycles. The van der Waals surface area contributed by atoms with Gasteiger partial charge in [0.05, 0.1) is 6.07 Å². The summed E-state index contributed by atoms with van der Waals surface area (Å²) < 4.78 is 0. The first-order valence-electron chi connectivity index (χ1n) is 4.24. The standard InChI is InChI=1S/C9H15N3/c1-9(3-4-10)12-7-5-11(2)6-8-12/h3H,5-8H2,1-2H3/b9-3-. The van der Waals surface area contributed by atoms with Gasteiger partial charge in [0.25, 0.3) is 0 Å². The highest BCUT2D eigenvalue weighted by Crippen LogP contribution is 2.06. The summed E-state index contributed by atoms with van der Waals surface area (Å²) in [6.07, 6.45) is 1.62. The first kappa shape index (κ1) is 9.08. The zero-order valence-corrected chi connectivity index (χ0v) is 7.75. The van der Waals surface area contributed by atoms with Gasteiger partial charge in [-0.05, 0) is 14.0 Å². The molecule has 1 aliphatic rings. The Hall–Kier alpha value is -1.01. The molecule has 0 aromatic carbocycles. The average molecular weight is 165 g/mol. The van der Waals surface area contributed by atoms with Crippen molar-refractivity contribution in [3.8, 4) is 6.07 Å². The molecule has 0 amide bonds. The van der Waals surface area contributed by atoms with Crippen LogP contribution in [0.5, 0.6) is 0 Å². The monoisotopic (exact) mass is 165 g/mol. The summed E-state index contributed by atoms with van der Waals surface area (Å²) in [4.78, 5) is 4.55. The highest BCUT2D eigenvalue weighted by molar-refractivity contribution is 5.10. The molecule has 0 N–H and O–H groups in total. The molecule has 0 aliphatic carbocycles. The summed E-state index contributed by atoms with van der Waals surface area (Å²) in [5.41, 5.74) is 1.09. The fraction of sp³-hybridized carbons (Fsp3) is 0.667. The second-order valence-corrected chi connectivity index (χ2v) is 3.21. The van der Waals surface area contributed by atoms with Crippen LogP contribution < -0.4 is 0 Å². The fourth-order valence-corrected chi connectivity index (χ4v) is 1.34. The largest absolute Gasteiger partial charge is 0.372 e. The Balaban J connectivity index is 2.45. The van der Waals surface area contributed by atoms with E-state index in [4.69, 9.17) is 5.26 Å². The van der Waals surface area contributed by atoms with Gasteiger partial charge in [-0.15, -0.1) is 0 Å². The molecule has 66 valence electrons. The number of hydrogen-bond acceptors (Lipinski definition) is 3.